The Morgan fingerprint density at radius 3 is 0.909 bits per heavy atom. The molecule has 0 rings (SSSR count). The van der Waals surface area contributed by atoms with Crippen molar-refractivity contribution < 1.29 is 32.7 Å². The van der Waals surface area contributed by atoms with Gasteiger partial charge in [-0.3, -0.25) is 0 Å². The molecule has 2 heteroatoms. The SMILES string of the molecule is C.CC.CC.P.[CH-]=CC=[CH-].[Y]. The third-order valence-corrected chi connectivity index (χ3v) is 0.111. The summed E-state index contributed by atoms with van der Waals surface area (Å²) in [5.41, 5.74) is 0. The Labute approximate surface area is 102 Å². The van der Waals surface area contributed by atoms with Crippen LogP contribution in [0.1, 0.15) is 35.1 Å². The Hall–Kier alpha value is 1.01. The molecule has 0 fully saturated rings. The Morgan fingerprint density at radius 2 is 0.909 bits per heavy atom. The van der Waals surface area contributed by atoms with Crippen molar-refractivity contribution in [1.29, 1.82) is 0 Å². The summed E-state index contributed by atoms with van der Waals surface area (Å²) in [6, 6.07) is 0. The molecule has 0 aliphatic carbocycles. The average Bonchev–Trinajstić information content (AvgIpc) is 1.96. The van der Waals surface area contributed by atoms with Crippen molar-refractivity contribution in [3.8, 4) is 0 Å². The molecule has 0 amide bonds. The van der Waals surface area contributed by atoms with Crippen LogP contribution in [-0.2, 0) is 32.7 Å². The summed E-state index contributed by atoms with van der Waals surface area (Å²) < 4.78 is 0. The molecule has 1 unspecified atom stereocenters. The molecule has 0 aliphatic rings. The molecule has 1 radical (unpaired) electrons. The van der Waals surface area contributed by atoms with Crippen LogP contribution in [0.2, 0.25) is 0 Å². The van der Waals surface area contributed by atoms with Crippen molar-refractivity contribution in [2.45, 2.75) is 35.1 Å². The standard InChI is InChI=1S/C4H4.2C2H6.CH4.H3P.Y/c1-3-4-2;2*1-2;;;/h1-4H;2*1-2H3;1H4;1H3;/q-2;;;;;. The van der Waals surface area contributed by atoms with Crippen LogP contribution >= 0.6 is 9.90 Å². The molecule has 0 spiro atoms. The Balaban J connectivity index is -0.00000000813. The summed E-state index contributed by atoms with van der Waals surface area (Å²) in [5, 5.41) is 0. The van der Waals surface area contributed by atoms with E-state index in [-0.39, 0.29) is 50.0 Å². The first-order valence-corrected chi connectivity index (χ1v) is 3.00. The summed E-state index contributed by atoms with van der Waals surface area (Å²) in [4.78, 5) is 0. The van der Waals surface area contributed by atoms with Crippen molar-refractivity contribution in [3.05, 3.63) is 25.3 Å². The van der Waals surface area contributed by atoms with Gasteiger partial charge in [0.2, 0.25) is 0 Å². The zero-order valence-corrected chi connectivity index (χ0v) is 11.8. The van der Waals surface area contributed by atoms with Crippen LogP contribution in [0.25, 0.3) is 0 Å². The van der Waals surface area contributed by atoms with E-state index in [0.29, 0.717) is 0 Å². The second-order valence-corrected chi connectivity index (χ2v) is 0.385. The van der Waals surface area contributed by atoms with Crippen molar-refractivity contribution in [2.75, 3.05) is 0 Å². The number of hydrogen-bond donors (Lipinski definition) is 0. The second-order valence-electron chi connectivity index (χ2n) is 0.385. The molecule has 0 saturated heterocycles. The molecule has 0 bridgehead atoms. The van der Waals surface area contributed by atoms with Gasteiger partial charge in [0.25, 0.3) is 0 Å². The summed E-state index contributed by atoms with van der Waals surface area (Å²) >= 11 is 0. The van der Waals surface area contributed by atoms with E-state index >= 15 is 0 Å². The topological polar surface area (TPSA) is 0 Å². The van der Waals surface area contributed by atoms with E-state index in [1.807, 2.05) is 27.7 Å². The molecule has 69 valence electrons. The van der Waals surface area contributed by atoms with Gasteiger partial charge >= 0.3 is 0 Å². The van der Waals surface area contributed by atoms with Crippen LogP contribution < -0.4 is 0 Å². The van der Waals surface area contributed by atoms with Gasteiger partial charge < -0.3 is 25.3 Å². The molecule has 0 aromatic heterocycles. The molecule has 0 N–H and O–H groups in total. The van der Waals surface area contributed by atoms with Gasteiger partial charge in [-0.05, 0) is 0 Å². The van der Waals surface area contributed by atoms with Gasteiger partial charge in [0.05, 0.1) is 0 Å². The van der Waals surface area contributed by atoms with E-state index in [1.165, 1.54) is 12.2 Å². The molecule has 11 heavy (non-hydrogen) atoms. The van der Waals surface area contributed by atoms with Crippen LogP contribution in [0, 0.1) is 13.2 Å². The maximum Gasteiger partial charge on any atom is 0 e. The first kappa shape index (κ1) is 40.3. The zero-order chi connectivity index (χ0) is 7.41. The van der Waals surface area contributed by atoms with Crippen molar-refractivity contribution in [1.82, 2.24) is 0 Å². The van der Waals surface area contributed by atoms with Crippen LogP contribution in [0.4, 0.5) is 0 Å². The molecule has 0 aliphatic heterocycles. The predicted octanol–water partition coefficient (Wildman–Crippen LogP) is 3.71. The van der Waals surface area contributed by atoms with E-state index in [0.717, 1.165) is 0 Å². The molecule has 0 aromatic rings. The fourth-order valence-corrected chi connectivity index (χ4v) is 0. The van der Waals surface area contributed by atoms with Crippen LogP contribution in [0.5, 0.6) is 0 Å². The van der Waals surface area contributed by atoms with Gasteiger partial charge in [0.15, 0.2) is 0 Å². The van der Waals surface area contributed by atoms with Crippen LogP contribution in [-0.4, -0.2) is 0 Å². The van der Waals surface area contributed by atoms with E-state index in [2.05, 4.69) is 0 Å². The van der Waals surface area contributed by atoms with Crippen LogP contribution in [0.15, 0.2) is 12.2 Å². The number of hydrogen-bond acceptors (Lipinski definition) is 0. The fraction of sp³-hybridized carbons (Fsp3) is 0.556. The van der Waals surface area contributed by atoms with Gasteiger partial charge in [-0.25, -0.2) is 0 Å². The van der Waals surface area contributed by atoms with Gasteiger partial charge in [0.1, 0.15) is 0 Å². The number of rotatable bonds is 1. The maximum atomic E-state index is 4.72. The molecule has 1 atom stereocenters. The van der Waals surface area contributed by atoms with E-state index < -0.39 is 0 Å². The quantitative estimate of drug-likeness (QED) is 0.378. The average molecular weight is 251 g/mol. The minimum atomic E-state index is 0. The molecule has 0 aromatic carbocycles. The second kappa shape index (κ2) is 122. The van der Waals surface area contributed by atoms with Crippen molar-refractivity contribution >= 4 is 9.90 Å². The molecular weight excluding hydrogens is 228 g/mol. The maximum absolute atomic E-state index is 4.72. The van der Waals surface area contributed by atoms with Gasteiger partial charge in [-0.2, -0.15) is 9.90 Å². The first-order valence-electron chi connectivity index (χ1n) is 3.00. The van der Waals surface area contributed by atoms with Gasteiger partial charge in [0, 0.05) is 32.7 Å². The minimum absolute atomic E-state index is 0. The normalized spacial score (nSPS) is 2.91. The zero-order valence-electron chi connectivity index (χ0n) is 7.59. The first-order chi connectivity index (χ1) is 3.91. The summed E-state index contributed by atoms with van der Waals surface area (Å²) in [6.45, 7) is 17.4. The van der Waals surface area contributed by atoms with Crippen LogP contribution in [0.3, 0.4) is 0 Å². The van der Waals surface area contributed by atoms with Gasteiger partial charge in [-0.15, -0.1) is 0 Å². The van der Waals surface area contributed by atoms with Crippen molar-refractivity contribution in [2.24, 2.45) is 0 Å². The van der Waals surface area contributed by atoms with Gasteiger partial charge in [-0.1, -0.05) is 35.1 Å². The Bertz CT molecular complexity index is 30.5. The third kappa shape index (κ3) is 221. The van der Waals surface area contributed by atoms with E-state index in [4.69, 9.17) is 13.2 Å². The predicted molar refractivity (Wildman–Crippen MR) is 58.3 cm³/mol. The molecule has 0 saturated carbocycles. The van der Waals surface area contributed by atoms with Crippen molar-refractivity contribution in [3.63, 3.8) is 0 Å². The summed E-state index contributed by atoms with van der Waals surface area (Å²) in [7, 11) is 0. The Morgan fingerprint density at radius 1 is 0.818 bits per heavy atom. The number of allylic oxidation sites excluding steroid dienone is 2. The molecular formula is C9H23PY-2. The summed E-state index contributed by atoms with van der Waals surface area (Å²) in [6.07, 6.45) is 2.56. The van der Waals surface area contributed by atoms with E-state index in [9.17, 15) is 0 Å². The summed E-state index contributed by atoms with van der Waals surface area (Å²) in [5.74, 6) is 0. The molecule has 0 nitrogen and oxygen atoms in total. The van der Waals surface area contributed by atoms with E-state index in [1.54, 1.807) is 0 Å². The minimum Gasteiger partial charge on any atom is -0.394 e. The fourth-order valence-electron chi connectivity index (χ4n) is 0. The molecule has 0 heterocycles. The monoisotopic (exact) mass is 251 g/mol. The Kier molecular flexibility index (Phi) is 445. The third-order valence-electron chi connectivity index (χ3n) is 0.111. The largest absolute Gasteiger partial charge is 0.394 e. The smallest absolute Gasteiger partial charge is 0 e.